The van der Waals surface area contributed by atoms with Crippen LogP contribution in [0.5, 0.6) is 0 Å². The largest absolute Gasteiger partial charge is 0.480 e. The van der Waals surface area contributed by atoms with Gasteiger partial charge < -0.3 is 24.6 Å². The van der Waals surface area contributed by atoms with E-state index in [1.807, 2.05) is 0 Å². The quantitative estimate of drug-likeness (QED) is 0.458. The van der Waals surface area contributed by atoms with Crippen LogP contribution in [-0.2, 0) is 33.4 Å². The molecule has 0 aromatic rings. The average molecular weight is 331 g/mol. The molecular formula is C14H21NO8. The average Bonchev–Trinajstić information content (AvgIpc) is 3.05. The van der Waals surface area contributed by atoms with Crippen molar-refractivity contribution < 1.29 is 38.5 Å². The lowest BCUT2D eigenvalue weighted by Gasteiger charge is -2.26. The normalized spacial score (nSPS) is 19.7. The SMILES string of the molecule is COC(=O)C(C(=O)OC)[C@H](C)[C@@H](NC(=O)[C@H]1CCOC1)C(=O)O. The molecule has 0 spiro atoms. The van der Waals surface area contributed by atoms with Crippen molar-refractivity contribution in [1.82, 2.24) is 5.32 Å². The molecule has 3 atom stereocenters. The molecular weight excluding hydrogens is 310 g/mol. The molecule has 0 unspecified atom stereocenters. The Morgan fingerprint density at radius 1 is 1.17 bits per heavy atom. The lowest BCUT2D eigenvalue weighted by molar-refractivity contribution is -0.163. The number of ether oxygens (including phenoxy) is 3. The van der Waals surface area contributed by atoms with Crippen LogP contribution in [0.15, 0.2) is 0 Å². The summed E-state index contributed by atoms with van der Waals surface area (Å²) in [6.45, 7) is 2.00. The molecule has 0 aromatic carbocycles. The first kappa shape index (κ1) is 18.9. The maximum Gasteiger partial charge on any atom is 0.326 e. The Morgan fingerprint density at radius 3 is 2.13 bits per heavy atom. The van der Waals surface area contributed by atoms with Crippen LogP contribution in [0.3, 0.4) is 0 Å². The van der Waals surface area contributed by atoms with E-state index in [9.17, 15) is 24.3 Å². The van der Waals surface area contributed by atoms with E-state index in [0.717, 1.165) is 14.2 Å². The molecule has 23 heavy (non-hydrogen) atoms. The Labute approximate surface area is 133 Å². The van der Waals surface area contributed by atoms with Gasteiger partial charge in [0.15, 0.2) is 5.92 Å². The third kappa shape index (κ3) is 4.65. The topological polar surface area (TPSA) is 128 Å². The van der Waals surface area contributed by atoms with E-state index in [0.29, 0.717) is 13.0 Å². The number of hydrogen-bond donors (Lipinski definition) is 2. The first-order valence-corrected chi connectivity index (χ1v) is 7.10. The first-order chi connectivity index (χ1) is 10.8. The van der Waals surface area contributed by atoms with E-state index in [1.54, 1.807) is 0 Å². The Hall–Kier alpha value is -2.16. The zero-order chi connectivity index (χ0) is 17.6. The monoisotopic (exact) mass is 331 g/mol. The highest BCUT2D eigenvalue weighted by molar-refractivity contribution is 5.96. The van der Waals surface area contributed by atoms with Gasteiger partial charge in [-0.1, -0.05) is 6.92 Å². The molecule has 0 saturated carbocycles. The van der Waals surface area contributed by atoms with Crippen molar-refractivity contribution in [2.45, 2.75) is 19.4 Å². The van der Waals surface area contributed by atoms with Crippen LogP contribution >= 0.6 is 0 Å². The molecule has 1 fully saturated rings. The highest BCUT2D eigenvalue weighted by Crippen LogP contribution is 2.21. The molecule has 1 aliphatic heterocycles. The highest BCUT2D eigenvalue weighted by atomic mass is 16.5. The Morgan fingerprint density at radius 2 is 1.74 bits per heavy atom. The van der Waals surface area contributed by atoms with Crippen LogP contribution < -0.4 is 5.32 Å². The van der Waals surface area contributed by atoms with Gasteiger partial charge in [-0.05, 0) is 6.42 Å². The molecule has 1 heterocycles. The number of hydrogen-bond acceptors (Lipinski definition) is 7. The van der Waals surface area contributed by atoms with Gasteiger partial charge in [-0.2, -0.15) is 0 Å². The minimum absolute atomic E-state index is 0.212. The Kier molecular flexibility index (Phi) is 6.95. The van der Waals surface area contributed by atoms with Gasteiger partial charge in [0.2, 0.25) is 5.91 Å². The summed E-state index contributed by atoms with van der Waals surface area (Å²) in [5.41, 5.74) is 0. The standard InChI is InChI=1S/C14H21NO8/c1-7(9(13(19)21-2)14(20)22-3)10(12(17)18)15-11(16)8-4-5-23-6-8/h7-10H,4-6H2,1-3H3,(H,15,16)(H,17,18)/t7-,8-,10+/m0/s1. The summed E-state index contributed by atoms with van der Waals surface area (Å²) < 4.78 is 14.1. The smallest absolute Gasteiger partial charge is 0.326 e. The van der Waals surface area contributed by atoms with E-state index < -0.39 is 47.6 Å². The molecule has 2 N–H and O–H groups in total. The van der Waals surface area contributed by atoms with Crippen molar-refractivity contribution in [3.63, 3.8) is 0 Å². The zero-order valence-electron chi connectivity index (χ0n) is 13.2. The summed E-state index contributed by atoms with van der Waals surface area (Å²) in [5.74, 6) is -6.65. The number of carbonyl (C=O) groups is 4. The number of carboxylic acids is 1. The molecule has 0 aromatic heterocycles. The Balaban J connectivity index is 2.92. The third-order valence-electron chi connectivity index (χ3n) is 3.83. The fraction of sp³-hybridized carbons (Fsp3) is 0.714. The van der Waals surface area contributed by atoms with E-state index in [-0.39, 0.29) is 6.61 Å². The van der Waals surface area contributed by atoms with Gasteiger partial charge >= 0.3 is 17.9 Å². The van der Waals surface area contributed by atoms with Crippen molar-refractivity contribution in [2.24, 2.45) is 17.8 Å². The van der Waals surface area contributed by atoms with Crippen LogP contribution in [0, 0.1) is 17.8 Å². The number of methoxy groups -OCH3 is 2. The number of aliphatic carboxylic acids is 1. The van der Waals surface area contributed by atoms with E-state index in [4.69, 9.17) is 4.74 Å². The number of carboxylic acid groups (broad SMARTS) is 1. The number of nitrogens with one attached hydrogen (secondary N) is 1. The minimum atomic E-state index is -1.45. The van der Waals surface area contributed by atoms with E-state index in [1.165, 1.54) is 6.92 Å². The van der Waals surface area contributed by atoms with Gasteiger partial charge in [0.25, 0.3) is 0 Å². The van der Waals surface area contributed by atoms with Gasteiger partial charge in [-0.25, -0.2) is 4.79 Å². The van der Waals surface area contributed by atoms with Crippen LogP contribution in [0.1, 0.15) is 13.3 Å². The van der Waals surface area contributed by atoms with Crippen LogP contribution in [0.2, 0.25) is 0 Å². The van der Waals surface area contributed by atoms with Crippen molar-refractivity contribution in [2.75, 3.05) is 27.4 Å². The maximum absolute atomic E-state index is 12.1. The molecule has 0 aliphatic carbocycles. The number of rotatable bonds is 7. The number of esters is 2. The van der Waals surface area contributed by atoms with E-state index >= 15 is 0 Å². The predicted octanol–water partition coefficient (Wildman–Crippen LogP) is -0.809. The summed E-state index contributed by atoms with van der Waals surface area (Å²) in [4.78, 5) is 47.1. The molecule has 1 aliphatic rings. The van der Waals surface area contributed by atoms with Gasteiger partial charge in [0.05, 0.1) is 26.7 Å². The summed E-state index contributed by atoms with van der Waals surface area (Å²) in [5, 5.41) is 11.7. The van der Waals surface area contributed by atoms with Crippen molar-refractivity contribution >= 4 is 23.8 Å². The van der Waals surface area contributed by atoms with Crippen LogP contribution in [0.25, 0.3) is 0 Å². The van der Waals surface area contributed by atoms with Gasteiger partial charge in [0.1, 0.15) is 6.04 Å². The Bertz CT molecular complexity index is 455. The van der Waals surface area contributed by atoms with Crippen molar-refractivity contribution in [1.29, 1.82) is 0 Å². The molecule has 130 valence electrons. The molecule has 1 rings (SSSR count). The molecule has 1 amide bonds. The third-order valence-corrected chi connectivity index (χ3v) is 3.83. The lowest BCUT2D eigenvalue weighted by Crippen LogP contribution is -2.51. The molecule has 0 radical (unpaired) electrons. The van der Waals surface area contributed by atoms with Crippen molar-refractivity contribution in [3.05, 3.63) is 0 Å². The van der Waals surface area contributed by atoms with E-state index in [2.05, 4.69) is 14.8 Å². The number of amides is 1. The summed E-state index contributed by atoms with van der Waals surface area (Å²) in [6.07, 6.45) is 0.490. The molecule has 9 heteroatoms. The minimum Gasteiger partial charge on any atom is -0.480 e. The van der Waals surface area contributed by atoms with Gasteiger partial charge in [-0.15, -0.1) is 0 Å². The second kappa shape index (κ2) is 8.47. The first-order valence-electron chi connectivity index (χ1n) is 7.10. The summed E-state index contributed by atoms with van der Waals surface area (Å²) in [6, 6.07) is -1.44. The molecule has 0 bridgehead atoms. The van der Waals surface area contributed by atoms with Gasteiger partial charge in [-0.3, -0.25) is 14.4 Å². The lowest BCUT2D eigenvalue weighted by atomic mass is 9.87. The summed E-state index contributed by atoms with van der Waals surface area (Å²) in [7, 11) is 2.16. The molecule has 1 saturated heterocycles. The fourth-order valence-electron chi connectivity index (χ4n) is 2.40. The van der Waals surface area contributed by atoms with Crippen LogP contribution in [0.4, 0.5) is 0 Å². The molecule has 9 nitrogen and oxygen atoms in total. The zero-order valence-corrected chi connectivity index (χ0v) is 13.2. The second-order valence-electron chi connectivity index (χ2n) is 5.27. The highest BCUT2D eigenvalue weighted by Gasteiger charge is 2.42. The van der Waals surface area contributed by atoms with Crippen LogP contribution in [-0.4, -0.2) is 62.4 Å². The fourth-order valence-corrected chi connectivity index (χ4v) is 2.40. The predicted molar refractivity (Wildman–Crippen MR) is 75.2 cm³/mol. The second-order valence-corrected chi connectivity index (χ2v) is 5.27. The number of carbonyl (C=O) groups excluding carboxylic acids is 3. The summed E-state index contributed by atoms with van der Waals surface area (Å²) >= 11 is 0. The van der Waals surface area contributed by atoms with Gasteiger partial charge in [0, 0.05) is 12.5 Å². The van der Waals surface area contributed by atoms with Crippen molar-refractivity contribution in [3.8, 4) is 0 Å². The maximum atomic E-state index is 12.1.